The summed E-state index contributed by atoms with van der Waals surface area (Å²) in [7, 11) is 0. The molecule has 2 aromatic carbocycles. The van der Waals surface area contributed by atoms with Gasteiger partial charge in [-0.2, -0.15) is 0 Å². The quantitative estimate of drug-likeness (QED) is 0.363. The van der Waals surface area contributed by atoms with Gasteiger partial charge in [0.2, 0.25) is 0 Å². The predicted octanol–water partition coefficient (Wildman–Crippen LogP) is 2.85. The summed E-state index contributed by atoms with van der Waals surface area (Å²) in [4.78, 5) is 36.1. The van der Waals surface area contributed by atoms with Gasteiger partial charge in [-0.15, -0.1) is 0 Å². The van der Waals surface area contributed by atoms with Crippen LogP contribution in [0.3, 0.4) is 0 Å². The summed E-state index contributed by atoms with van der Waals surface area (Å²) in [5.41, 5.74) is 0.111. The average molecular weight is 402 g/mol. The van der Waals surface area contributed by atoms with Gasteiger partial charge in [-0.05, 0) is 25.0 Å². The van der Waals surface area contributed by atoms with Gasteiger partial charge in [0, 0.05) is 24.2 Å². The maximum absolute atomic E-state index is 13.9. The molecule has 1 aliphatic carbocycles. The van der Waals surface area contributed by atoms with E-state index >= 15 is 0 Å². The van der Waals surface area contributed by atoms with Gasteiger partial charge in [0.15, 0.2) is 19.0 Å². The van der Waals surface area contributed by atoms with E-state index in [-0.39, 0.29) is 24.0 Å². The molecule has 0 atom stereocenters. The van der Waals surface area contributed by atoms with E-state index in [1.54, 1.807) is 18.2 Å². The summed E-state index contributed by atoms with van der Waals surface area (Å²) in [5, 5.41) is 10.9. The molecule has 0 saturated heterocycles. The van der Waals surface area contributed by atoms with Crippen molar-refractivity contribution in [2.24, 2.45) is 0 Å². The lowest BCUT2D eigenvalue weighted by Crippen LogP contribution is -2.36. The lowest BCUT2D eigenvalue weighted by molar-refractivity contribution is -0.385. The number of benzene rings is 2. The highest BCUT2D eigenvalue weighted by molar-refractivity contribution is 5.81. The molecule has 8 nitrogen and oxygen atoms in total. The molecule has 0 N–H and O–H groups in total. The van der Waals surface area contributed by atoms with Crippen LogP contribution in [0.25, 0.3) is 0 Å². The Morgan fingerprint density at radius 1 is 1.10 bits per heavy atom. The normalized spacial score (nSPS) is 12.9. The molecule has 1 aliphatic rings. The second-order valence-corrected chi connectivity index (χ2v) is 6.52. The molecule has 2 aromatic rings. The van der Waals surface area contributed by atoms with Crippen LogP contribution in [0.15, 0.2) is 48.5 Å². The van der Waals surface area contributed by atoms with Gasteiger partial charge in [0.1, 0.15) is 5.82 Å². The van der Waals surface area contributed by atoms with E-state index in [9.17, 15) is 24.1 Å². The van der Waals surface area contributed by atoms with Crippen molar-refractivity contribution >= 4 is 17.6 Å². The molecule has 3 rings (SSSR count). The van der Waals surface area contributed by atoms with Crippen molar-refractivity contribution in [2.45, 2.75) is 25.4 Å². The van der Waals surface area contributed by atoms with Crippen molar-refractivity contribution < 1.29 is 28.4 Å². The van der Waals surface area contributed by atoms with Gasteiger partial charge in [-0.25, -0.2) is 9.18 Å². The van der Waals surface area contributed by atoms with Crippen LogP contribution in [0.4, 0.5) is 10.1 Å². The van der Waals surface area contributed by atoms with Gasteiger partial charge in [0.25, 0.3) is 5.91 Å². The zero-order valence-electron chi connectivity index (χ0n) is 15.5. The molecule has 0 heterocycles. The molecule has 152 valence electrons. The molecule has 0 radical (unpaired) electrons. The number of esters is 1. The fourth-order valence-electron chi connectivity index (χ4n) is 2.75. The summed E-state index contributed by atoms with van der Waals surface area (Å²) in [6.45, 7) is -0.987. The highest BCUT2D eigenvalue weighted by atomic mass is 19.1. The number of hydrogen-bond donors (Lipinski definition) is 0. The Kier molecular flexibility index (Phi) is 6.38. The first-order valence-electron chi connectivity index (χ1n) is 9.00. The fraction of sp³-hybridized carbons (Fsp3) is 0.300. The number of halogens is 1. The number of nitro benzene ring substituents is 1. The first-order valence-corrected chi connectivity index (χ1v) is 9.00. The third kappa shape index (κ3) is 5.50. The van der Waals surface area contributed by atoms with E-state index in [1.165, 1.54) is 35.2 Å². The lowest BCUT2D eigenvalue weighted by Gasteiger charge is -2.22. The molecule has 1 fully saturated rings. The lowest BCUT2D eigenvalue weighted by atomic mass is 10.2. The van der Waals surface area contributed by atoms with Crippen molar-refractivity contribution in [3.05, 3.63) is 70.0 Å². The van der Waals surface area contributed by atoms with E-state index < -0.39 is 35.8 Å². The maximum Gasteiger partial charge on any atom is 0.344 e. The Hall–Kier alpha value is -3.49. The van der Waals surface area contributed by atoms with Gasteiger partial charge in [-0.3, -0.25) is 14.9 Å². The smallest absolute Gasteiger partial charge is 0.344 e. The van der Waals surface area contributed by atoms with Gasteiger partial charge in [0.05, 0.1) is 4.92 Å². The Balaban J connectivity index is 1.52. The van der Waals surface area contributed by atoms with E-state index in [1.807, 2.05) is 0 Å². The number of ether oxygens (including phenoxy) is 2. The van der Waals surface area contributed by atoms with Gasteiger partial charge < -0.3 is 14.4 Å². The minimum atomic E-state index is -0.835. The molecular formula is C20H19FN2O6. The molecule has 0 aliphatic heterocycles. The number of carbonyl (C=O) groups is 2. The largest absolute Gasteiger partial charge is 0.475 e. The molecule has 29 heavy (non-hydrogen) atoms. The van der Waals surface area contributed by atoms with Crippen molar-refractivity contribution in [3.63, 3.8) is 0 Å². The minimum absolute atomic E-state index is 0.00373. The van der Waals surface area contributed by atoms with Crippen molar-refractivity contribution in [1.29, 1.82) is 0 Å². The summed E-state index contributed by atoms with van der Waals surface area (Å²) in [5.74, 6) is -1.74. The maximum atomic E-state index is 13.9. The van der Waals surface area contributed by atoms with Gasteiger partial charge in [-0.1, -0.05) is 30.3 Å². The van der Waals surface area contributed by atoms with E-state index in [4.69, 9.17) is 9.47 Å². The van der Waals surface area contributed by atoms with Crippen molar-refractivity contribution in [1.82, 2.24) is 4.90 Å². The number of nitrogens with zero attached hydrogens (tertiary/aromatic N) is 2. The average Bonchev–Trinajstić information content (AvgIpc) is 3.55. The Morgan fingerprint density at radius 3 is 2.48 bits per heavy atom. The fourth-order valence-corrected chi connectivity index (χ4v) is 2.75. The van der Waals surface area contributed by atoms with Crippen LogP contribution in [0, 0.1) is 15.9 Å². The summed E-state index contributed by atoms with van der Waals surface area (Å²) >= 11 is 0. The molecule has 0 aromatic heterocycles. The third-order valence-corrected chi connectivity index (χ3v) is 4.37. The zero-order chi connectivity index (χ0) is 20.8. The molecule has 1 saturated carbocycles. The van der Waals surface area contributed by atoms with Crippen LogP contribution in [0.1, 0.15) is 18.4 Å². The van der Waals surface area contributed by atoms with Crippen LogP contribution in [-0.4, -0.2) is 41.0 Å². The van der Waals surface area contributed by atoms with Crippen LogP contribution in [0.5, 0.6) is 5.75 Å². The molecule has 0 unspecified atom stereocenters. The minimum Gasteiger partial charge on any atom is -0.475 e. The Bertz CT molecular complexity index is 915. The van der Waals surface area contributed by atoms with Crippen LogP contribution < -0.4 is 4.74 Å². The van der Waals surface area contributed by atoms with Crippen molar-refractivity contribution in [3.8, 4) is 5.75 Å². The summed E-state index contributed by atoms with van der Waals surface area (Å²) in [6, 6.07) is 11.8. The van der Waals surface area contributed by atoms with Crippen LogP contribution >= 0.6 is 0 Å². The van der Waals surface area contributed by atoms with Crippen LogP contribution in [0.2, 0.25) is 0 Å². The number of amides is 1. The topological polar surface area (TPSA) is 99.0 Å². The number of hydrogen-bond acceptors (Lipinski definition) is 6. The third-order valence-electron chi connectivity index (χ3n) is 4.37. The van der Waals surface area contributed by atoms with Crippen LogP contribution in [-0.2, 0) is 20.9 Å². The zero-order valence-corrected chi connectivity index (χ0v) is 15.5. The Labute approximate surface area is 166 Å². The molecular weight excluding hydrogens is 383 g/mol. The molecule has 0 spiro atoms. The van der Waals surface area contributed by atoms with E-state index in [0.29, 0.717) is 5.56 Å². The summed E-state index contributed by atoms with van der Waals surface area (Å²) < 4.78 is 23.9. The predicted molar refractivity (Wildman–Crippen MR) is 99.5 cm³/mol. The summed E-state index contributed by atoms with van der Waals surface area (Å²) in [6.07, 6.45) is 1.63. The number of carbonyl (C=O) groups excluding carboxylic acids is 2. The monoisotopic (exact) mass is 402 g/mol. The molecule has 0 bridgehead atoms. The second kappa shape index (κ2) is 9.13. The first kappa shape index (κ1) is 20.2. The highest BCUT2D eigenvalue weighted by Crippen LogP contribution is 2.29. The number of rotatable bonds is 9. The molecule has 9 heteroatoms. The first-order chi connectivity index (χ1) is 14.0. The number of para-hydroxylation sites is 2. The van der Waals surface area contributed by atoms with E-state index in [2.05, 4.69) is 0 Å². The molecule has 1 amide bonds. The second-order valence-electron chi connectivity index (χ2n) is 6.52. The number of nitro groups is 1. The van der Waals surface area contributed by atoms with Crippen molar-refractivity contribution in [2.75, 3.05) is 13.2 Å². The van der Waals surface area contributed by atoms with E-state index in [0.717, 1.165) is 12.8 Å². The standard InChI is InChI=1S/C20H19FN2O6/c21-16-6-2-1-5-14(16)11-22(15-9-10-15)19(24)12-29-20(25)13-28-18-8-4-3-7-17(18)23(26)27/h1-8,15H,9-13H2. The SMILES string of the molecule is O=C(COc1ccccc1[N+](=O)[O-])OCC(=O)N(Cc1ccccc1F)C1CC1. The van der Waals surface area contributed by atoms with Gasteiger partial charge >= 0.3 is 11.7 Å². The highest BCUT2D eigenvalue weighted by Gasteiger charge is 2.33. The Morgan fingerprint density at radius 2 is 1.79 bits per heavy atom.